The van der Waals surface area contributed by atoms with Crippen LogP contribution in [0.4, 0.5) is 0 Å². The summed E-state index contributed by atoms with van der Waals surface area (Å²) in [6.07, 6.45) is 7.00. The smallest absolute Gasteiger partial charge is 1.00 e. The molecule has 0 fully saturated rings. The Morgan fingerprint density at radius 1 is 1.25 bits per heavy atom. The van der Waals surface area contributed by atoms with Gasteiger partial charge in [-0.2, -0.15) is 0 Å². The van der Waals surface area contributed by atoms with Crippen LogP contribution in [0.5, 0.6) is 0 Å². The van der Waals surface area contributed by atoms with E-state index in [2.05, 4.69) is 19.9 Å². The van der Waals surface area contributed by atoms with Crippen LogP contribution in [-0.2, 0) is 0 Å². The van der Waals surface area contributed by atoms with Crippen molar-refractivity contribution in [2.75, 3.05) is 0 Å². The van der Waals surface area contributed by atoms with Crippen LogP contribution in [0.3, 0.4) is 0 Å². The Hall–Kier alpha value is 0.476. The van der Waals surface area contributed by atoms with Crippen LogP contribution >= 0.6 is 0 Å². The summed E-state index contributed by atoms with van der Waals surface area (Å²) in [5, 5.41) is 8.31. The Balaban J connectivity index is -0.000000405. The monoisotopic (exact) mass is 239 g/mol. The van der Waals surface area contributed by atoms with Crippen molar-refractivity contribution in [3.63, 3.8) is 0 Å². The van der Waals surface area contributed by atoms with Gasteiger partial charge in [0.1, 0.15) is 0 Å². The second-order valence-electron chi connectivity index (χ2n) is 2.34. The Morgan fingerprint density at radius 2 is 1.67 bits per heavy atom. The van der Waals surface area contributed by atoms with E-state index >= 15 is 0 Å². The van der Waals surface area contributed by atoms with Gasteiger partial charge in [-0.05, 0) is 0 Å². The number of halogens is 1. The van der Waals surface area contributed by atoms with Gasteiger partial charge in [-0.3, -0.25) is 0 Å². The van der Waals surface area contributed by atoms with Gasteiger partial charge in [0.25, 0.3) is 0 Å². The van der Waals surface area contributed by atoms with Gasteiger partial charge in [0.2, 0.25) is 0 Å². The molecule has 0 unspecified atom stereocenters. The number of hydrogen-bond acceptors (Lipinski definition) is 1. The van der Waals surface area contributed by atoms with Gasteiger partial charge in [0.15, 0.2) is 0 Å². The molecule has 0 saturated heterocycles. The van der Waals surface area contributed by atoms with E-state index in [0.29, 0.717) is 0 Å². The topological polar surface area (TPSA) is 23.8 Å². The molecule has 0 aliphatic heterocycles. The summed E-state index contributed by atoms with van der Waals surface area (Å²) in [5.74, 6) is 0. The average molecular weight is 240 g/mol. The molecular weight excluding hydrogens is 226 g/mol. The third-order valence-corrected chi connectivity index (χ3v) is 1.34. The summed E-state index contributed by atoms with van der Waals surface area (Å²) in [5.41, 5.74) is 1.17. The van der Waals surface area contributed by atoms with Gasteiger partial charge in [0, 0.05) is 0 Å². The zero-order valence-corrected chi connectivity index (χ0v) is 10.9. The molecule has 12 heavy (non-hydrogen) atoms. The van der Waals surface area contributed by atoms with Gasteiger partial charge >= 0.3 is 23.1 Å². The Bertz CT molecular complexity index is 141. The third-order valence-electron chi connectivity index (χ3n) is 1.34. The molecule has 0 aliphatic carbocycles. The quantitative estimate of drug-likeness (QED) is 0.368. The molecule has 0 aromatic carbocycles. The molecule has 0 N–H and O–H groups in total. The molecule has 0 radical (unpaired) electrons. The normalized spacial score (nSPS) is 7.08. The number of hydrogen-bond donors (Lipinski definition) is 0. The van der Waals surface area contributed by atoms with E-state index in [-0.39, 0.29) is 40.0 Å². The molecule has 0 spiro atoms. The molecule has 0 saturated carbocycles. The Kier molecular flexibility index (Phi) is 21.4. The van der Waals surface area contributed by atoms with E-state index in [1.165, 1.54) is 5.57 Å². The Labute approximate surface area is 102 Å². The number of rotatable bonds is 4. The van der Waals surface area contributed by atoms with Crippen LogP contribution in [0.25, 0.3) is 0 Å². The maximum absolute atomic E-state index is 8.31. The van der Waals surface area contributed by atoms with Crippen LogP contribution in [0, 0.1) is 17.4 Å². The standard InChI is InChI=1S/C9H14N.BrH.Mg/c1-3-5-9(6-4-2)7-8-10;;/h3-6H2,1-2H3;1H;/q-1;;+2/p-1. The molecule has 64 valence electrons. The predicted molar refractivity (Wildman–Crippen MR) is 47.9 cm³/mol. The molecule has 3 heteroatoms. The second kappa shape index (κ2) is 14.0. The minimum Gasteiger partial charge on any atom is -1.00 e. The molecule has 0 atom stereocenters. The van der Waals surface area contributed by atoms with Crippen LogP contribution in [0.2, 0.25) is 0 Å². The van der Waals surface area contributed by atoms with E-state index in [4.69, 9.17) is 5.26 Å². The van der Waals surface area contributed by atoms with Crippen molar-refractivity contribution >= 4 is 23.1 Å². The molecule has 0 aromatic heterocycles. The fraction of sp³-hybridized carbons (Fsp3) is 0.667. The first-order chi connectivity index (χ1) is 4.85. The van der Waals surface area contributed by atoms with E-state index in [1.54, 1.807) is 0 Å². The maximum Gasteiger partial charge on any atom is 2.00 e. The van der Waals surface area contributed by atoms with Gasteiger partial charge in [-0.15, -0.1) is 6.07 Å². The number of allylic oxidation sites excluding steroid dienone is 2. The summed E-state index contributed by atoms with van der Waals surface area (Å²) < 4.78 is 0. The fourth-order valence-corrected chi connectivity index (χ4v) is 0.933. The van der Waals surface area contributed by atoms with E-state index in [0.717, 1.165) is 25.7 Å². The SMILES string of the molecule is CCCC(=[C-]C#N)CCC.[Br-].[Mg+2]. The number of nitrogens with zero attached hydrogens (tertiary/aromatic N) is 1. The fourth-order valence-electron chi connectivity index (χ4n) is 0.933. The van der Waals surface area contributed by atoms with Crippen LogP contribution in [0.15, 0.2) is 5.57 Å². The van der Waals surface area contributed by atoms with Gasteiger partial charge in [-0.25, -0.2) is 10.8 Å². The molecule has 1 nitrogen and oxygen atoms in total. The van der Waals surface area contributed by atoms with Crippen LogP contribution in [0.1, 0.15) is 39.5 Å². The molecule has 0 rings (SSSR count). The maximum atomic E-state index is 8.31. The molecule has 0 aliphatic rings. The van der Waals surface area contributed by atoms with Crippen molar-refractivity contribution < 1.29 is 17.0 Å². The zero-order chi connectivity index (χ0) is 7.82. The van der Waals surface area contributed by atoms with Crippen LogP contribution in [-0.4, -0.2) is 23.1 Å². The predicted octanol–water partition coefficient (Wildman–Crippen LogP) is -0.537. The summed E-state index contributed by atoms with van der Waals surface area (Å²) in [6.45, 7) is 4.24. The van der Waals surface area contributed by atoms with Crippen molar-refractivity contribution in [3.05, 3.63) is 11.6 Å². The van der Waals surface area contributed by atoms with E-state index in [9.17, 15) is 0 Å². The van der Waals surface area contributed by atoms with Crippen molar-refractivity contribution in [1.82, 2.24) is 0 Å². The summed E-state index contributed by atoms with van der Waals surface area (Å²) in [7, 11) is 0. The minimum atomic E-state index is 0. The van der Waals surface area contributed by atoms with Gasteiger partial charge in [-0.1, -0.05) is 39.5 Å². The molecule has 0 heterocycles. The van der Waals surface area contributed by atoms with Crippen LogP contribution < -0.4 is 17.0 Å². The summed E-state index contributed by atoms with van der Waals surface area (Å²) in [4.78, 5) is 0. The summed E-state index contributed by atoms with van der Waals surface area (Å²) >= 11 is 0. The first-order valence-corrected chi connectivity index (χ1v) is 3.84. The molecule has 0 aromatic rings. The van der Waals surface area contributed by atoms with Crippen molar-refractivity contribution in [2.24, 2.45) is 0 Å². The molecule has 0 amide bonds. The first kappa shape index (κ1) is 18.3. The second-order valence-corrected chi connectivity index (χ2v) is 2.34. The molecule has 0 bridgehead atoms. The molecular formula is C9H14BrMgN. The summed E-state index contributed by atoms with van der Waals surface area (Å²) in [6, 6.07) is 1.95. The van der Waals surface area contributed by atoms with Crippen molar-refractivity contribution in [1.29, 1.82) is 5.26 Å². The van der Waals surface area contributed by atoms with Crippen molar-refractivity contribution in [3.8, 4) is 6.07 Å². The minimum absolute atomic E-state index is 0. The van der Waals surface area contributed by atoms with Gasteiger partial charge in [0.05, 0.1) is 0 Å². The average Bonchev–Trinajstić information content (AvgIpc) is 1.90. The first-order valence-electron chi connectivity index (χ1n) is 3.84. The zero-order valence-electron chi connectivity index (χ0n) is 7.86. The Morgan fingerprint density at radius 3 is 1.92 bits per heavy atom. The van der Waals surface area contributed by atoms with E-state index < -0.39 is 0 Å². The van der Waals surface area contributed by atoms with E-state index in [1.807, 2.05) is 6.07 Å². The van der Waals surface area contributed by atoms with Gasteiger partial charge < -0.3 is 23.1 Å². The van der Waals surface area contributed by atoms with Crippen molar-refractivity contribution in [2.45, 2.75) is 39.5 Å². The third kappa shape index (κ3) is 10.5. The largest absolute Gasteiger partial charge is 2.00 e. The number of nitriles is 1.